The maximum Gasteiger partial charge on any atom is 0.220 e. The molecule has 1 aliphatic heterocycles. The standard InChI is InChI=1S/C15H28O2S4/c1-3-5-6-7-9-13(20-15(18)17-4-2)12-14-19-10-8-11-21(14)16/h13-14H,3-12H2,1-2H3. The van der Waals surface area contributed by atoms with Crippen molar-refractivity contribution in [1.82, 2.24) is 0 Å². The van der Waals surface area contributed by atoms with Crippen LogP contribution >= 0.6 is 35.7 Å². The van der Waals surface area contributed by atoms with Gasteiger partial charge in [-0.1, -0.05) is 44.4 Å². The fourth-order valence-electron chi connectivity index (χ4n) is 2.32. The maximum absolute atomic E-state index is 12.1. The second-order valence-corrected chi connectivity index (χ2v) is 10.5. The molecule has 0 aliphatic carbocycles. The van der Waals surface area contributed by atoms with E-state index in [0.717, 1.165) is 30.8 Å². The van der Waals surface area contributed by atoms with Crippen LogP contribution in [-0.2, 0) is 15.5 Å². The van der Waals surface area contributed by atoms with Crippen LogP contribution in [0.15, 0.2) is 0 Å². The molecular formula is C15H28O2S4. The van der Waals surface area contributed by atoms with Crippen molar-refractivity contribution in [3.8, 4) is 0 Å². The molecule has 1 fully saturated rings. The fourth-order valence-corrected chi connectivity index (χ4v) is 7.57. The molecule has 1 saturated heterocycles. The van der Waals surface area contributed by atoms with E-state index in [0.29, 0.717) is 20.8 Å². The van der Waals surface area contributed by atoms with Gasteiger partial charge in [-0.15, -0.1) is 11.8 Å². The predicted molar refractivity (Wildman–Crippen MR) is 103 cm³/mol. The molecule has 0 spiro atoms. The predicted octanol–water partition coefficient (Wildman–Crippen LogP) is 4.98. The summed E-state index contributed by atoms with van der Waals surface area (Å²) in [6, 6.07) is 0. The van der Waals surface area contributed by atoms with Crippen molar-refractivity contribution in [2.24, 2.45) is 0 Å². The van der Waals surface area contributed by atoms with Crippen LogP contribution in [0.3, 0.4) is 0 Å². The zero-order chi connectivity index (χ0) is 15.5. The van der Waals surface area contributed by atoms with Gasteiger partial charge in [-0.2, -0.15) is 0 Å². The normalized spacial score (nSPS) is 23.7. The Morgan fingerprint density at radius 2 is 2.24 bits per heavy atom. The molecule has 0 aromatic heterocycles. The highest BCUT2D eigenvalue weighted by atomic mass is 32.2. The van der Waals surface area contributed by atoms with Crippen LogP contribution in [0.2, 0.25) is 0 Å². The second-order valence-electron chi connectivity index (χ2n) is 5.25. The Labute approximate surface area is 146 Å². The molecule has 0 bridgehead atoms. The molecule has 0 aromatic carbocycles. The summed E-state index contributed by atoms with van der Waals surface area (Å²) >= 11 is 8.86. The summed E-state index contributed by atoms with van der Waals surface area (Å²) in [5.74, 6) is 2.03. The van der Waals surface area contributed by atoms with E-state index in [1.165, 1.54) is 25.7 Å². The third kappa shape index (κ3) is 8.82. The molecule has 6 heteroatoms. The highest BCUT2D eigenvalue weighted by molar-refractivity contribution is 8.23. The van der Waals surface area contributed by atoms with E-state index >= 15 is 0 Å². The number of ether oxygens (including phenoxy) is 1. The number of hydrogen-bond acceptors (Lipinski definition) is 5. The van der Waals surface area contributed by atoms with Crippen molar-refractivity contribution < 1.29 is 8.95 Å². The van der Waals surface area contributed by atoms with Gasteiger partial charge in [0.1, 0.15) is 0 Å². The quantitative estimate of drug-likeness (QED) is 0.422. The van der Waals surface area contributed by atoms with Crippen molar-refractivity contribution in [3.63, 3.8) is 0 Å². The SMILES string of the molecule is CCCCCCC(CC1SCCCS1=O)SC(=S)OCC. The Bertz CT molecular complexity index is 323. The topological polar surface area (TPSA) is 26.3 Å². The molecule has 0 aromatic rings. The van der Waals surface area contributed by atoms with Gasteiger partial charge < -0.3 is 4.74 Å². The van der Waals surface area contributed by atoms with Crippen molar-refractivity contribution in [1.29, 1.82) is 0 Å². The zero-order valence-corrected chi connectivity index (χ0v) is 16.4. The van der Waals surface area contributed by atoms with Crippen LogP contribution in [0.1, 0.15) is 58.8 Å². The minimum Gasteiger partial charge on any atom is -0.479 e. The van der Waals surface area contributed by atoms with E-state index in [4.69, 9.17) is 17.0 Å². The Morgan fingerprint density at radius 3 is 2.90 bits per heavy atom. The van der Waals surface area contributed by atoms with Crippen LogP contribution in [0.25, 0.3) is 0 Å². The lowest BCUT2D eigenvalue weighted by molar-refractivity contribution is 0.346. The van der Waals surface area contributed by atoms with E-state index in [9.17, 15) is 4.21 Å². The summed E-state index contributed by atoms with van der Waals surface area (Å²) in [5.41, 5.74) is 0. The molecule has 1 rings (SSSR count). The second kappa shape index (κ2) is 12.2. The summed E-state index contributed by atoms with van der Waals surface area (Å²) in [5, 5.41) is 0.459. The molecule has 3 atom stereocenters. The number of thiocarbonyl (C=S) groups is 1. The van der Waals surface area contributed by atoms with Crippen LogP contribution in [0, 0.1) is 0 Å². The van der Waals surface area contributed by atoms with Crippen LogP contribution in [-0.4, -0.2) is 36.5 Å². The van der Waals surface area contributed by atoms with Gasteiger partial charge in [0.15, 0.2) is 0 Å². The molecule has 124 valence electrons. The summed E-state index contributed by atoms with van der Waals surface area (Å²) in [4.78, 5) is 0. The molecule has 0 saturated carbocycles. The minimum absolute atomic E-state index is 0.298. The molecule has 1 aliphatic rings. The zero-order valence-electron chi connectivity index (χ0n) is 13.2. The van der Waals surface area contributed by atoms with E-state index in [2.05, 4.69) is 6.92 Å². The monoisotopic (exact) mass is 368 g/mol. The first-order chi connectivity index (χ1) is 10.2. The third-order valence-electron chi connectivity index (χ3n) is 3.45. The average Bonchev–Trinajstić information content (AvgIpc) is 2.46. The minimum atomic E-state index is -0.661. The van der Waals surface area contributed by atoms with Crippen molar-refractivity contribution in [2.45, 2.75) is 68.6 Å². The van der Waals surface area contributed by atoms with Crippen molar-refractivity contribution in [3.05, 3.63) is 0 Å². The molecule has 3 unspecified atom stereocenters. The van der Waals surface area contributed by atoms with E-state index in [1.54, 1.807) is 11.8 Å². The molecule has 0 amide bonds. The fraction of sp³-hybridized carbons (Fsp3) is 0.933. The number of rotatable bonds is 9. The van der Waals surface area contributed by atoms with Gasteiger partial charge in [-0.25, -0.2) is 0 Å². The molecule has 0 N–H and O–H groups in total. The van der Waals surface area contributed by atoms with E-state index in [-0.39, 0.29) is 0 Å². The van der Waals surface area contributed by atoms with Gasteiger partial charge in [0, 0.05) is 21.8 Å². The third-order valence-corrected chi connectivity index (χ3v) is 8.54. The van der Waals surface area contributed by atoms with Crippen molar-refractivity contribution >= 4 is 50.9 Å². The summed E-state index contributed by atoms with van der Waals surface area (Å²) in [6.07, 6.45) is 8.35. The van der Waals surface area contributed by atoms with Crippen LogP contribution < -0.4 is 0 Å². The first-order valence-corrected chi connectivity index (χ1v) is 11.7. The molecule has 2 nitrogen and oxygen atoms in total. The lowest BCUT2D eigenvalue weighted by atomic mass is 10.1. The van der Waals surface area contributed by atoms with E-state index < -0.39 is 10.8 Å². The van der Waals surface area contributed by atoms with Gasteiger partial charge in [0.25, 0.3) is 0 Å². The molecular weight excluding hydrogens is 340 g/mol. The summed E-state index contributed by atoms with van der Waals surface area (Å²) < 4.78 is 18.5. The van der Waals surface area contributed by atoms with Gasteiger partial charge in [-0.3, -0.25) is 4.21 Å². The van der Waals surface area contributed by atoms with E-state index in [1.807, 2.05) is 18.7 Å². The number of unbranched alkanes of at least 4 members (excludes halogenated alkanes) is 3. The lowest BCUT2D eigenvalue weighted by Gasteiger charge is -2.25. The highest BCUT2D eigenvalue weighted by Crippen LogP contribution is 2.33. The molecule has 0 radical (unpaired) electrons. The smallest absolute Gasteiger partial charge is 0.220 e. The summed E-state index contributed by atoms with van der Waals surface area (Å²) in [7, 11) is -0.661. The Balaban J connectivity index is 2.44. The van der Waals surface area contributed by atoms with Gasteiger partial charge in [0.2, 0.25) is 4.38 Å². The first kappa shape index (κ1) is 19.8. The van der Waals surface area contributed by atoms with Gasteiger partial charge >= 0.3 is 0 Å². The Kier molecular flexibility index (Phi) is 11.5. The van der Waals surface area contributed by atoms with Gasteiger partial charge in [-0.05, 0) is 44.2 Å². The molecule has 21 heavy (non-hydrogen) atoms. The first-order valence-electron chi connectivity index (χ1n) is 7.99. The molecule has 1 heterocycles. The largest absolute Gasteiger partial charge is 0.479 e. The Morgan fingerprint density at radius 1 is 1.43 bits per heavy atom. The average molecular weight is 369 g/mol. The number of hydrogen-bond donors (Lipinski definition) is 0. The Hall–Kier alpha value is 0.740. The van der Waals surface area contributed by atoms with Gasteiger partial charge in [0.05, 0.1) is 11.2 Å². The lowest BCUT2D eigenvalue weighted by Crippen LogP contribution is -2.25. The van der Waals surface area contributed by atoms with Crippen LogP contribution in [0.5, 0.6) is 0 Å². The highest BCUT2D eigenvalue weighted by Gasteiger charge is 2.26. The maximum atomic E-state index is 12.1. The van der Waals surface area contributed by atoms with Crippen molar-refractivity contribution in [2.75, 3.05) is 18.1 Å². The summed E-state index contributed by atoms with van der Waals surface area (Å²) in [6.45, 7) is 4.84. The van der Waals surface area contributed by atoms with Crippen LogP contribution in [0.4, 0.5) is 0 Å². The number of thioether (sulfide) groups is 2.